The Morgan fingerprint density at radius 2 is 2.00 bits per heavy atom. The number of hydrogen-bond acceptors (Lipinski definition) is 3. The zero-order valence-corrected chi connectivity index (χ0v) is 11.8. The molecule has 3 atom stereocenters. The van der Waals surface area contributed by atoms with Crippen molar-refractivity contribution in [1.29, 1.82) is 0 Å². The Morgan fingerprint density at radius 3 is 2.56 bits per heavy atom. The average Bonchev–Trinajstić information content (AvgIpc) is 2.24. The van der Waals surface area contributed by atoms with Gasteiger partial charge in [-0.3, -0.25) is 0 Å². The smallest absolute Gasteiger partial charge is 0.315 e. The minimum absolute atomic E-state index is 0.0248. The van der Waals surface area contributed by atoms with Gasteiger partial charge in [-0.25, -0.2) is 4.79 Å². The van der Waals surface area contributed by atoms with Gasteiger partial charge >= 0.3 is 6.03 Å². The number of carbonyl (C=O) groups excluding carboxylic acids is 1. The second-order valence-corrected chi connectivity index (χ2v) is 5.69. The molecule has 0 aromatic heterocycles. The molecule has 0 bridgehead atoms. The van der Waals surface area contributed by atoms with E-state index in [4.69, 9.17) is 5.11 Å². The summed E-state index contributed by atoms with van der Waals surface area (Å²) in [6, 6.07) is -0.0733. The first-order valence-electron chi connectivity index (χ1n) is 6.88. The fourth-order valence-corrected chi connectivity index (χ4v) is 2.82. The maximum absolute atomic E-state index is 11.4. The van der Waals surface area contributed by atoms with Crippen LogP contribution in [-0.4, -0.2) is 54.9 Å². The summed E-state index contributed by atoms with van der Waals surface area (Å²) in [5.41, 5.74) is 0. The molecule has 1 fully saturated rings. The molecule has 0 saturated carbocycles. The molecule has 18 heavy (non-hydrogen) atoms. The van der Waals surface area contributed by atoms with E-state index in [1.54, 1.807) is 0 Å². The molecule has 0 spiro atoms. The number of aliphatic hydroxyl groups is 1. The highest BCUT2D eigenvalue weighted by Crippen LogP contribution is 2.20. The third-order valence-electron chi connectivity index (χ3n) is 3.25. The van der Waals surface area contributed by atoms with E-state index in [-0.39, 0.29) is 18.7 Å². The third-order valence-corrected chi connectivity index (χ3v) is 3.25. The molecule has 0 aromatic carbocycles. The van der Waals surface area contributed by atoms with E-state index in [9.17, 15) is 4.79 Å². The van der Waals surface area contributed by atoms with Crippen molar-refractivity contribution in [2.75, 3.05) is 32.8 Å². The van der Waals surface area contributed by atoms with Crippen LogP contribution in [0.2, 0.25) is 0 Å². The Morgan fingerprint density at radius 1 is 1.39 bits per heavy atom. The number of hydrogen-bond donors (Lipinski definition) is 3. The van der Waals surface area contributed by atoms with E-state index >= 15 is 0 Å². The van der Waals surface area contributed by atoms with Crippen LogP contribution in [0.3, 0.4) is 0 Å². The quantitative estimate of drug-likeness (QED) is 0.677. The van der Waals surface area contributed by atoms with E-state index in [0.29, 0.717) is 6.54 Å². The van der Waals surface area contributed by atoms with Crippen LogP contribution in [0.15, 0.2) is 0 Å². The van der Waals surface area contributed by atoms with Gasteiger partial charge in [-0.1, -0.05) is 13.8 Å². The highest BCUT2D eigenvalue weighted by atomic mass is 16.3. The number of amides is 2. The normalized spacial score (nSPS) is 26.7. The van der Waals surface area contributed by atoms with Crippen LogP contribution in [0.4, 0.5) is 4.79 Å². The summed E-state index contributed by atoms with van der Waals surface area (Å²) in [6.45, 7) is 10.00. The first-order valence-corrected chi connectivity index (χ1v) is 6.88. The van der Waals surface area contributed by atoms with E-state index in [2.05, 4.69) is 29.4 Å². The molecule has 1 saturated heterocycles. The van der Waals surface area contributed by atoms with Gasteiger partial charge in [0.15, 0.2) is 0 Å². The zero-order valence-electron chi connectivity index (χ0n) is 11.8. The first-order chi connectivity index (χ1) is 8.51. The fraction of sp³-hybridized carbons (Fsp3) is 0.923. The van der Waals surface area contributed by atoms with Crippen LogP contribution in [-0.2, 0) is 0 Å². The predicted molar refractivity (Wildman–Crippen MR) is 72.5 cm³/mol. The summed E-state index contributed by atoms with van der Waals surface area (Å²) in [6.07, 6.45) is 1.30. The van der Waals surface area contributed by atoms with Crippen LogP contribution >= 0.6 is 0 Å². The summed E-state index contributed by atoms with van der Waals surface area (Å²) in [7, 11) is 0. The minimum Gasteiger partial charge on any atom is -0.395 e. The van der Waals surface area contributed by atoms with Gasteiger partial charge in [0.05, 0.1) is 6.61 Å². The molecule has 1 aliphatic heterocycles. The maximum atomic E-state index is 11.4. The van der Waals surface area contributed by atoms with E-state index in [0.717, 1.165) is 31.5 Å². The molecular formula is C13H27N3O2. The maximum Gasteiger partial charge on any atom is 0.315 e. The number of likely N-dealkylation sites (tertiary alicyclic amines) is 1. The lowest BCUT2D eigenvalue weighted by Crippen LogP contribution is -2.49. The van der Waals surface area contributed by atoms with Crippen molar-refractivity contribution in [1.82, 2.24) is 15.5 Å². The molecule has 3 N–H and O–H groups in total. The number of nitrogens with zero attached hydrogens (tertiary/aromatic N) is 1. The topological polar surface area (TPSA) is 64.6 Å². The zero-order chi connectivity index (χ0) is 13.5. The first kappa shape index (κ1) is 15.2. The highest BCUT2D eigenvalue weighted by Gasteiger charge is 2.23. The Kier molecular flexibility index (Phi) is 6.43. The number of aliphatic hydroxyl groups excluding tert-OH is 1. The van der Waals surface area contributed by atoms with E-state index in [1.165, 1.54) is 6.42 Å². The van der Waals surface area contributed by atoms with Crippen LogP contribution in [0.5, 0.6) is 0 Å². The molecule has 0 radical (unpaired) electrons. The molecule has 0 aromatic rings. The van der Waals surface area contributed by atoms with Crippen LogP contribution < -0.4 is 10.6 Å². The Balaban J connectivity index is 2.26. The van der Waals surface area contributed by atoms with E-state index in [1.807, 2.05) is 6.92 Å². The van der Waals surface area contributed by atoms with Gasteiger partial charge < -0.3 is 20.6 Å². The molecule has 3 unspecified atom stereocenters. The van der Waals surface area contributed by atoms with Crippen molar-refractivity contribution in [3.05, 3.63) is 0 Å². The Bertz CT molecular complexity index is 251. The van der Waals surface area contributed by atoms with Crippen LogP contribution in [0, 0.1) is 11.8 Å². The molecule has 1 aliphatic rings. The van der Waals surface area contributed by atoms with Gasteiger partial charge in [-0.15, -0.1) is 0 Å². The monoisotopic (exact) mass is 257 g/mol. The lowest BCUT2D eigenvalue weighted by atomic mass is 9.92. The van der Waals surface area contributed by atoms with Gasteiger partial charge in [-0.2, -0.15) is 0 Å². The van der Waals surface area contributed by atoms with Gasteiger partial charge in [0.25, 0.3) is 0 Å². The number of carbonyl (C=O) groups is 1. The van der Waals surface area contributed by atoms with Gasteiger partial charge in [0.1, 0.15) is 0 Å². The van der Waals surface area contributed by atoms with Crippen molar-refractivity contribution < 1.29 is 9.90 Å². The van der Waals surface area contributed by atoms with Gasteiger partial charge in [0, 0.05) is 32.2 Å². The molecule has 5 nitrogen and oxygen atoms in total. The van der Waals surface area contributed by atoms with Crippen molar-refractivity contribution in [2.45, 2.75) is 33.2 Å². The average molecular weight is 257 g/mol. The molecule has 1 heterocycles. The largest absolute Gasteiger partial charge is 0.395 e. The van der Waals surface area contributed by atoms with Crippen molar-refractivity contribution in [2.24, 2.45) is 11.8 Å². The number of piperidine rings is 1. The van der Waals surface area contributed by atoms with E-state index < -0.39 is 0 Å². The summed E-state index contributed by atoms with van der Waals surface area (Å²) in [5, 5.41) is 14.1. The molecule has 0 aliphatic carbocycles. The van der Waals surface area contributed by atoms with Gasteiger partial charge in [-0.05, 0) is 25.2 Å². The molecule has 1 rings (SSSR count). The van der Waals surface area contributed by atoms with Crippen molar-refractivity contribution >= 4 is 6.03 Å². The SMILES string of the molecule is CC1CC(C)CN(CC(C)NC(=O)NCCO)C1. The predicted octanol–water partition coefficient (Wildman–Crippen LogP) is 0.644. The second kappa shape index (κ2) is 7.59. The lowest BCUT2D eigenvalue weighted by Gasteiger charge is -2.36. The Labute approximate surface area is 110 Å². The van der Waals surface area contributed by atoms with Crippen molar-refractivity contribution in [3.63, 3.8) is 0 Å². The Hall–Kier alpha value is -0.810. The number of nitrogens with one attached hydrogen (secondary N) is 2. The molecular weight excluding hydrogens is 230 g/mol. The summed E-state index contributed by atoms with van der Waals surface area (Å²) in [4.78, 5) is 13.9. The standard InChI is InChI=1S/C13H27N3O2/c1-10-6-11(2)8-16(7-10)9-12(3)15-13(18)14-4-5-17/h10-12,17H,4-9H2,1-3H3,(H2,14,15,18). The van der Waals surface area contributed by atoms with Crippen LogP contribution in [0.25, 0.3) is 0 Å². The summed E-state index contributed by atoms with van der Waals surface area (Å²) in [5.74, 6) is 1.48. The minimum atomic E-state index is -0.199. The third kappa shape index (κ3) is 5.69. The molecule has 5 heteroatoms. The molecule has 106 valence electrons. The highest BCUT2D eigenvalue weighted by molar-refractivity contribution is 5.74. The summed E-state index contributed by atoms with van der Waals surface area (Å²) >= 11 is 0. The lowest BCUT2D eigenvalue weighted by molar-refractivity contribution is 0.131. The fourth-order valence-electron chi connectivity index (χ4n) is 2.82. The van der Waals surface area contributed by atoms with Crippen LogP contribution in [0.1, 0.15) is 27.2 Å². The second-order valence-electron chi connectivity index (χ2n) is 5.69. The van der Waals surface area contributed by atoms with Gasteiger partial charge in [0.2, 0.25) is 0 Å². The number of rotatable bonds is 5. The van der Waals surface area contributed by atoms with Crippen molar-refractivity contribution in [3.8, 4) is 0 Å². The summed E-state index contributed by atoms with van der Waals surface area (Å²) < 4.78 is 0. The number of urea groups is 1. The molecule has 2 amide bonds.